The molecule has 8 heteroatoms. The first kappa shape index (κ1) is 23.1. The average Bonchev–Trinajstić information content (AvgIpc) is 2.69. The number of benzene rings is 1. The molecule has 1 aliphatic rings. The van der Waals surface area contributed by atoms with Crippen LogP contribution >= 0.6 is 0 Å². The van der Waals surface area contributed by atoms with Gasteiger partial charge in [-0.2, -0.15) is 0 Å². The van der Waals surface area contributed by atoms with Gasteiger partial charge in [0.1, 0.15) is 32.2 Å². The lowest BCUT2D eigenvalue weighted by Crippen LogP contribution is -3.27. The van der Waals surface area contributed by atoms with Crippen LogP contribution in [0.15, 0.2) is 24.3 Å². The summed E-state index contributed by atoms with van der Waals surface area (Å²) in [4.78, 5) is 30.7. The fourth-order valence-corrected chi connectivity index (χ4v) is 3.63. The van der Waals surface area contributed by atoms with Crippen molar-refractivity contribution >= 4 is 17.5 Å². The van der Waals surface area contributed by atoms with Gasteiger partial charge in [0.15, 0.2) is 0 Å². The molecule has 0 unspecified atom stereocenters. The Morgan fingerprint density at radius 1 is 1.03 bits per heavy atom. The van der Waals surface area contributed by atoms with E-state index in [4.69, 9.17) is 0 Å². The van der Waals surface area contributed by atoms with E-state index in [1.165, 1.54) is 15.4 Å². The van der Waals surface area contributed by atoms with Gasteiger partial charge in [-0.05, 0) is 12.1 Å². The molecule has 162 valence electrons. The highest BCUT2D eigenvalue weighted by atomic mass is 16.2. The minimum absolute atomic E-state index is 0.141. The number of anilines is 1. The second kappa shape index (κ2) is 11.1. The molecule has 1 aromatic rings. The molecule has 0 aliphatic carbocycles. The molecule has 1 aliphatic heterocycles. The Morgan fingerprint density at radius 3 is 2.17 bits per heavy atom. The lowest BCUT2D eigenvalue weighted by atomic mass is 10.0. The smallest absolute Gasteiger partial charge is 0.309 e. The van der Waals surface area contributed by atoms with Crippen molar-refractivity contribution in [2.45, 2.75) is 6.04 Å². The second-order valence-electron chi connectivity index (χ2n) is 8.58. The highest BCUT2D eigenvalue weighted by Crippen LogP contribution is 2.16. The van der Waals surface area contributed by atoms with E-state index in [0.717, 1.165) is 38.4 Å². The Morgan fingerprint density at radius 2 is 1.62 bits per heavy atom. The van der Waals surface area contributed by atoms with E-state index in [1.54, 1.807) is 4.90 Å². The molecule has 1 saturated heterocycles. The third-order valence-corrected chi connectivity index (χ3v) is 5.63. The van der Waals surface area contributed by atoms with Gasteiger partial charge < -0.3 is 30.2 Å². The van der Waals surface area contributed by atoms with E-state index in [2.05, 4.69) is 46.8 Å². The van der Waals surface area contributed by atoms with Crippen LogP contribution in [0.5, 0.6) is 0 Å². The van der Waals surface area contributed by atoms with E-state index < -0.39 is 11.8 Å². The van der Waals surface area contributed by atoms with Crippen molar-refractivity contribution in [1.29, 1.82) is 0 Å². The Labute approximate surface area is 174 Å². The monoisotopic (exact) mass is 407 g/mol. The highest BCUT2D eigenvalue weighted by molar-refractivity contribution is 6.35. The second-order valence-corrected chi connectivity index (χ2v) is 8.58. The van der Waals surface area contributed by atoms with Gasteiger partial charge in [0.2, 0.25) is 0 Å². The number of nitrogens with one attached hydrogen (secondary N) is 5. The van der Waals surface area contributed by atoms with Crippen LogP contribution in [0.25, 0.3) is 0 Å². The van der Waals surface area contributed by atoms with E-state index in [1.807, 2.05) is 28.2 Å². The van der Waals surface area contributed by atoms with Crippen molar-refractivity contribution in [2.75, 3.05) is 86.0 Å². The van der Waals surface area contributed by atoms with Gasteiger partial charge in [-0.15, -0.1) is 0 Å². The summed E-state index contributed by atoms with van der Waals surface area (Å²) in [6.45, 7) is 6.08. The molecule has 0 spiro atoms. The Bertz CT molecular complexity index is 654. The first-order valence-corrected chi connectivity index (χ1v) is 10.6. The fourth-order valence-electron chi connectivity index (χ4n) is 3.63. The van der Waals surface area contributed by atoms with E-state index in [-0.39, 0.29) is 6.04 Å². The molecular formula is C21H39N6O2+3. The summed E-state index contributed by atoms with van der Waals surface area (Å²) in [5.74, 6) is -1.10. The topological polar surface area (TPSA) is 74.8 Å². The van der Waals surface area contributed by atoms with Crippen LogP contribution in [-0.4, -0.2) is 92.9 Å². The normalized spacial score (nSPS) is 20.2. The largest absolute Gasteiger partial charge is 0.378 e. The van der Waals surface area contributed by atoms with Crippen LogP contribution in [-0.2, 0) is 9.59 Å². The SMILES string of the molecule is CN(C)c1ccc([C@H](CNC(=O)C(=O)NCC[NH+](C)C)[NH+]2CC[NH+](C)CC2)cc1. The summed E-state index contributed by atoms with van der Waals surface area (Å²) in [5, 5.41) is 5.56. The third kappa shape index (κ3) is 7.30. The van der Waals surface area contributed by atoms with E-state index >= 15 is 0 Å². The van der Waals surface area contributed by atoms with Crippen LogP contribution in [0.1, 0.15) is 11.6 Å². The van der Waals surface area contributed by atoms with Crippen LogP contribution in [0.3, 0.4) is 0 Å². The maximum Gasteiger partial charge on any atom is 0.309 e. The number of likely N-dealkylation sites (N-methyl/N-ethyl adjacent to an activating group) is 2. The van der Waals surface area contributed by atoms with Gasteiger partial charge in [0.25, 0.3) is 0 Å². The lowest BCUT2D eigenvalue weighted by molar-refractivity contribution is -1.02. The molecule has 8 nitrogen and oxygen atoms in total. The third-order valence-electron chi connectivity index (χ3n) is 5.63. The summed E-state index contributed by atoms with van der Waals surface area (Å²) in [5.41, 5.74) is 2.35. The van der Waals surface area contributed by atoms with E-state index in [9.17, 15) is 9.59 Å². The standard InChI is InChI=1S/C21H36N6O2/c1-24(2)11-10-22-20(28)21(29)23-16-19(27-14-12-26(5)13-15-27)17-6-8-18(9-7-17)25(3)4/h6-9,19H,10-16H2,1-5H3,(H,22,28)(H,23,29)/p+3/t19-/m0/s1. The number of hydrogen-bond acceptors (Lipinski definition) is 3. The minimum atomic E-state index is -0.550. The number of carbonyl (C=O) groups is 2. The van der Waals surface area contributed by atoms with Gasteiger partial charge >= 0.3 is 11.8 Å². The van der Waals surface area contributed by atoms with Crippen LogP contribution in [0.4, 0.5) is 5.69 Å². The molecule has 0 aromatic heterocycles. The van der Waals surface area contributed by atoms with Crippen molar-refractivity contribution < 1.29 is 24.3 Å². The number of quaternary nitrogens is 3. The maximum atomic E-state index is 12.3. The molecule has 2 amide bonds. The van der Waals surface area contributed by atoms with Gasteiger partial charge in [0.05, 0.1) is 40.8 Å². The molecule has 1 heterocycles. The molecular weight excluding hydrogens is 368 g/mol. The maximum absolute atomic E-state index is 12.3. The number of amides is 2. The fraction of sp³-hybridized carbons (Fsp3) is 0.619. The summed E-state index contributed by atoms with van der Waals surface area (Å²) in [6.07, 6.45) is 0. The minimum Gasteiger partial charge on any atom is -0.378 e. The molecule has 0 radical (unpaired) electrons. The predicted octanol–water partition coefficient (Wildman–Crippen LogP) is -4.42. The molecule has 0 bridgehead atoms. The number of piperazine rings is 1. The zero-order valence-corrected chi connectivity index (χ0v) is 18.6. The summed E-state index contributed by atoms with van der Waals surface area (Å²) in [6, 6.07) is 8.65. The Hall–Kier alpha value is -2.16. The predicted molar refractivity (Wildman–Crippen MR) is 115 cm³/mol. The molecule has 1 fully saturated rings. The first-order chi connectivity index (χ1) is 13.8. The number of hydrogen-bond donors (Lipinski definition) is 5. The molecule has 1 atom stereocenters. The van der Waals surface area contributed by atoms with Gasteiger partial charge in [-0.1, -0.05) is 12.1 Å². The number of rotatable bonds is 8. The van der Waals surface area contributed by atoms with Gasteiger partial charge in [0, 0.05) is 25.3 Å². The molecule has 1 aromatic carbocycles. The average molecular weight is 408 g/mol. The Balaban J connectivity index is 2.01. The Kier molecular flexibility index (Phi) is 8.88. The first-order valence-electron chi connectivity index (χ1n) is 10.6. The quantitative estimate of drug-likeness (QED) is 0.283. The molecule has 2 rings (SSSR count). The van der Waals surface area contributed by atoms with E-state index in [0.29, 0.717) is 13.1 Å². The lowest BCUT2D eigenvalue weighted by Gasteiger charge is -2.33. The van der Waals surface area contributed by atoms with Crippen LogP contribution in [0, 0.1) is 0 Å². The van der Waals surface area contributed by atoms with Crippen molar-refractivity contribution in [2.24, 2.45) is 0 Å². The van der Waals surface area contributed by atoms with Crippen molar-refractivity contribution in [3.05, 3.63) is 29.8 Å². The highest BCUT2D eigenvalue weighted by Gasteiger charge is 2.30. The number of carbonyl (C=O) groups excluding carboxylic acids is 2. The molecule has 0 saturated carbocycles. The van der Waals surface area contributed by atoms with Crippen molar-refractivity contribution in [1.82, 2.24) is 10.6 Å². The van der Waals surface area contributed by atoms with Gasteiger partial charge in [-0.3, -0.25) is 9.59 Å². The zero-order chi connectivity index (χ0) is 21.4. The summed E-state index contributed by atoms with van der Waals surface area (Å²) >= 11 is 0. The zero-order valence-electron chi connectivity index (χ0n) is 18.6. The van der Waals surface area contributed by atoms with Gasteiger partial charge in [-0.25, -0.2) is 0 Å². The van der Waals surface area contributed by atoms with Crippen LogP contribution in [0.2, 0.25) is 0 Å². The summed E-state index contributed by atoms with van der Waals surface area (Å²) in [7, 11) is 10.3. The summed E-state index contributed by atoms with van der Waals surface area (Å²) < 4.78 is 0. The van der Waals surface area contributed by atoms with Crippen LogP contribution < -0.4 is 30.2 Å². The molecule has 5 N–H and O–H groups in total. The number of nitrogens with zero attached hydrogens (tertiary/aromatic N) is 1. The molecule has 29 heavy (non-hydrogen) atoms. The van der Waals surface area contributed by atoms with Crippen molar-refractivity contribution in [3.63, 3.8) is 0 Å². The van der Waals surface area contributed by atoms with Crippen molar-refractivity contribution in [3.8, 4) is 0 Å².